The molecule has 1 aliphatic rings. The minimum atomic E-state index is -0.537. The molecule has 22 heavy (non-hydrogen) atoms. The Bertz CT molecular complexity index is 573. The normalized spacial score (nSPS) is 15.9. The highest BCUT2D eigenvalue weighted by molar-refractivity contribution is 5.96. The fourth-order valence-corrected chi connectivity index (χ4v) is 2.10. The number of hydrogen-bond acceptors (Lipinski definition) is 6. The van der Waals surface area contributed by atoms with Crippen LogP contribution in [-0.2, 0) is 9.53 Å². The summed E-state index contributed by atoms with van der Waals surface area (Å²) < 4.78 is 16.0. The van der Waals surface area contributed by atoms with Crippen molar-refractivity contribution in [3.05, 3.63) is 17.7 Å². The second kappa shape index (κ2) is 7.02. The average molecular weight is 308 g/mol. The Morgan fingerprint density at radius 2 is 1.95 bits per heavy atom. The minimum Gasteiger partial charge on any atom is -0.490 e. The van der Waals surface area contributed by atoms with Crippen LogP contribution in [0.5, 0.6) is 11.5 Å². The number of carbonyl (C=O) groups is 2. The van der Waals surface area contributed by atoms with Gasteiger partial charge in [-0.3, -0.25) is 4.79 Å². The second-order valence-electron chi connectivity index (χ2n) is 4.99. The van der Waals surface area contributed by atoms with Crippen molar-refractivity contribution >= 4 is 17.6 Å². The number of nitrogen functional groups attached to an aromatic ring is 1. The van der Waals surface area contributed by atoms with E-state index >= 15 is 0 Å². The Morgan fingerprint density at radius 1 is 1.27 bits per heavy atom. The number of likely N-dealkylation sites (N-methyl/N-ethyl adjacent to an activating group) is 1. The number of fused-ring (bicyclic) bond motifs is 1. The molecule has 0 unspecified atom stereocenters. The first-order valence-corrected chi connectivity index (χ1v) is 7.04. The first-order valence-electron chi connectivity index (χ1n) is 7.04. The lowest BCUT2D eigenvalue weighted by Gasteiger charge is -2.17. The highest BCUT2D eigenvalue weighted by atomic mass is 16.5. The van der Waals surface area contributed by atoms with Gasteiger partial charge in [-0.2, -0.15) is 0 Å². The fourth-order valence-electron chi connectivity index (χ4n) is 2.10. The van der Waals surface area contributed by atoms with E-state index in [-0.39, 0.29) is 17.2 Å². The van der Waals surface area contributed by atoms with E-state index in [4.69, 9.17) is 19.9 Å². The maximum absolute atomic E-state index is 11.8. The Hall–Kier alpha value is -2.44. The highest BCUT2D eigenvalue weighted by Gasteiger charge is 2.18. The van der Waals surface area contributed by atoms with Gasteiger partial charge in [0.1, 0.15) is 6.61 Å². The predicted molar refractivity (Wildman–Crippen MR) is 80.1 cm³/mol. The summed E-state index contributed by atoms with van der Waals surface area (Å²) in [5, 5.41) is 0. The van der Waals surface area contributed by atoms with Gasteiger partial charge in [0.15, 0.2) is 11.5 Å². The summed E-state index contributed by atoms with van der Waals surface area (Å²) in [7, 11) is 3.02. The van der Waals surface area contributed by atoms with Crippen LogP contribution in [-0.4, -0.2) is 50.7 Å². The number of esters is 1. The van der Waals surface area contributed by atoms with Crippen molar-refractivity contribution < 1.29 is 23.8 Å². The average Bonchev–Trinajstić information content (AvgIpc) is 2.53. The van der Waals surface area contributed by atoms with E-state index < -0.39 is 5.97 Å². The smallest absolute Gasteiger partial charge is 0.340 e. The van der Waals surface area contributed by atoms with E-state index in [2.05, 4.69) is 0 Å². The van der Waals surface area contributed by atoms with Gasteiger partial charge in [-0.25, -0.2) is 4.79 Å². The van der Waals surface area contributed by atoms with E-state index in [1.54, 1.807) is 18.0 Å². The predicted octanol–water partition coefficient (Wildman–Crippen LogP) is 1.07. The number of anilines is 1. The summed E-state index contributed by atoms with van der Waals surface area (Å²) >= 11 is 0. The van der Waals surface area contributed by atoms with Crippen LogP contribution < -0.4 is 15.2 Å². The van der Waals surface area contributed by atoms with Crippen LogP contribution in [0.1, 0.15) is 23.2 Å². The molecule has 2 rings (SSSR count). The number of hydrogen-bond donors (Lipinski definition) is 1. The van der Waals surface area contributed by atoms with Gasteiger partial charge in [-0.05, 0) is 6.42 Å². The molecule has 1 heterocycles. The van der Waals surface area contributed by atoms with Gasteiger partial charge in [0, 0.05) is 25.6 Å². The lowest BCUT2D eigenvalue weighted by molar-refractivity contribution is -0.130. The van der Waals surface area contributed by atoms with Gasteiger partial charge in [0.05, 0.1) is 31.5 Å². The van der Waals surface area contributed by atoms with Crippen molar-refractivity contribution in [1.29, 1.82) is 0 Å². The molecule has 7 heteroatoms. The molecule has 2 N–H and O–H groups in total. The Morgan fingerprint density at radius 3 is 2.68 bits per heavy atom. The van der Waals surface area contributed by atoms with Crippen LogP contribution in [0.3, 0.4) is 0 Å². The van der Waals surface area contributed by atoms with Gasteiger partial charge >= 0.3 is 5.97 Å². The molecule has 0 radical (unpaired) electrons. The number of ether oxygens (including phenoxy) is 3. The van der Waals surface area contributed by atoms with Gasteiger partial charge in [0.25, 0.3) is 0 Å². The topological polar surface area (TPSA) is 91.1 Å². The molecule has 0 bridgehead atoms. The number of rotatable bonds is 1. The van der Waals surface area contributed by atoms with E-state index in [0.717, 1.165) is 0 Å². The number of nitrogens with zero attached hydrogens (tertiary/aromatic N) is 1. The minimum absolute atomic E-state index is 0.0490. The van der Waals surface area contributed by atoms with Crippen LogP contribution in [0.25, 0.3) is 0 Å². The molecule has 0 saturated carbocycles. The Labute approximate surface area is 128 Å². The zero-order valence-electron chi connectivity index (χ0n) is 12.8. The van der Waals surface area contributed by atoms with Gasteiger partial charge in [-0.1, -0.05) is 0 Å². The number of carbonyl (C=O) groups excluding carboxylic acids is 2. The first kappa shape index (κ1) is 15.9. The second-order valence-corrected chi connectivity index (χ2v) is 4.99. The zero-order valence-corrected chi connectivity index (χ0v) is 12.8. The van der Waals surface area contributed by atoms with Crippen LogP contribution >= 0.6 is 0 Å². The number of amides is 1. The molecule has 120 valence electrons. The van der Waals surface area contributed by atoms with Gasteiger partial charge in [-0.15, -0.1) is 0 Å². The third-order valence-electron chi connectivity index (χ3n) is 3.42. The summed E-state index contributed by atoms with van der Waals surface area (Å²) in [5.41, 5.74) is 6.34. The van der Waals surface area contributed by atoms with Crippen LogP contribution in [0, 0.1) is 0 Å². The monoisotopic (exact) mass is 308 g/mol. The van der Waals surface area contributed by atoms with Crippen molar-refractivity contribution in [2.75, 3.05) is 39.6 Å². The number of benzene rings is 1. The molecule has 1 aliphatic heterocycles. The summed E-state index contributed by atoms with van der Waals surface area (Å²) in [6, 6.07) is 3.06. The molecule has 0 atom stereocenters. The molecule has 0 aliphatic carbocycles. The Kier molecular flexibility index (Phi) is 5.08. The summed E-state index contributed by atoms with van der Waals surface area (Å²) in [6.45, 7) is 1.12. The van der Waals surface area contributed by atoms with Crippen molar-refractivity contribution in [3.63, 3.8) is 0 Å². The van der Waals surface area contributed by atoms with Crippen LogP contribution in [0.2, 0.25) is 0 Å². The summed E-state index contributed by atoms with van der Waals surface area (Å²) in [6.07, 6.45) is 1.02. The van der Waals surface area contributed by atoms with Gasteiger partial charge < -0.3 is 24.8 Å². The maximum atomic E-state index is 11.8. The van der Waals surface area contributed by atoms with Crippen molar-refractivity contribution in [3.8, 4) is 11.5 Å². The third kappa shape index (κ3) is 3.60. The lowest BCUT2D eigenvalue weighted by Crippen LogP contribution is -2.30. The molecule has 7 nitrogen and oxygen atoms in total. The quantitative estimate of drug-likeness (QED) is 0.616. The molecular weight excluding hydrogens is 288 g/mol. The van der Waals surface area contributed by atoms with E-state index in [1.807, 2.05) is 0 Å². The molecule has 0 fully saturated rings. The lowest BCUT2D eigenvalue weighted by atomic mass is 10.1. The Balaban J connectivity index is 2.28. The summed E-state index contributed by atoms with van der Waals surface area (Å²) in [4.78, 5) is 25.1. The third-order valence-corrected chi connectivity index (χ3v) is 3.42. The van der Waals surface area contributed by atoms with Crippen LogP contribution in [0.15, 0.2) is 12.1 Å². The van der Waals surface area contributed by atoms with Crippen molar-refractivity contribution in [2.24, 2.45) is 0 Å². The van der Waals surface area contributed by atoms with E-state index in [9.17, 15) is 9.59 Å². The van der Waals surface area contributed by atoms with Crippen molar-refractivity contribution in [1.82, 2.24) is 4.90 Å². The summed E-state index contributed by atoms with van der Waals surface area (Å²) in [5.74, 6) is 0.387. The molecule has 0 aromatic heterocycles. The molecule has 1 amide bonds. The van der Waals surface area contributed by atoms with Crippen LogP contribution in [0.4, 0.5) is 5.69 Å². The fraction of sp³-hybridized carbons (Fsp3) is 0.467. The largest absolute Gasteiger partial charge is 0.490 e. The van der Waals surface area contributed by atoms with E-state index in [0.29, 0.717) is 44.1 Å². The van der Waals surface area contributed by atoms with Crippen molar-refractivity contribution in [2.45, 2.75) is 12.8 Å². The highest BCUT2D eigenvalue weighted by Crippen LogP contribution is 2.33. The number of nitrogens with two attached hydrogens (primary N) is 1. The SMILES string of the molecule is COC(=O)c1cc2c(cc1N)OCCCC(=O)N(C)CCO2. The molecule has 1 aromatic rings. The van der Waals surface area contributed by atoms with Gasteiger partial charge in [0.2, 0.25) is 5.91 Å². The first-order chi connectivity index (χ1) is 10.5. The number of methoxy groups -OCH3 is 1. The van der Waals surface area contributed by atoms with E-state index in [1.165, 1.54) is 13.2 Å². The molecule has 0 saturated heterocycles. The molecule has 0 spiro atoms. The standard InChI is InChI=1S/C15H20N2O5/c1-17-5-7-22-12-8-10(15(19)20-2)11(16)9-13(12)21-6-3-4-14(17)18/h8-9H,3-7,16H2,1-2H3. The maximum Gasteiger partial charge on any atom is 0.340 e. The zero-order chi connectivity index (χ0) is 16.1. The molecular formula is C15H20N2O5. The molecule has 1 aromatic carbocycles.